The van der Waals surface area contributed by atoms with Gasteiger partial charge in [-0.05, 0) is 0 Å². The molecule has 0 radical (unpaired) electrons. The van der Waals surface area contributed by atoms with Crippen LogP contribution < -0.4 is 10.6 Å². The van der Waals surface area contributed by atoms with E-state index in [1.54, 1.807) is 0 Å². The zero-order chi connectivity index (χ0) is 14.3. The van der Waals surface area contributed by atoms with E-state index < -0.39 is 6.34 Å². The van der Waals surface area contributed by atoms with E-state index in [-0.39, 0.29) is 0 Å². The summed E-state index contributed by atoms with van der Waals surface area (Å²) in [5.41, 5.74) is 0. The highest BCUT2D eigenvalue weighted by molar-refractivity contribution is 8.62. The highest BCUT2D eigenvalue weighted by Crippen LogP contribution is 2.55. The average Bonchev–Trinajstić information content (AvgIpc) is 2.53. The van der Waals surface area contributed by atoms with Gasteiger partial charge in [0.05, 0.1) is 11.6 Å². The Labute approximate surface area is 128 Å². The topological polar surface area (TPSA) is 17.1 Å². The lowest BCUT2D eigenvalue weighted by atomic mass is 10.4. The number of hydrogen-bond acceptors (Lipinski definition) is 2. The SMILES string of the molecule is O=P(SCC#CCCl)(c1ccccc1)c1ccccc1. The minimum atomic E-state index is -2.69. The third-order valence-electron chi connectivity index (χ3n) is 2.70. The average molecular weight is 321 g/mol. The number of rotatable bonds is 4. The monoisotopic (exact) mass is 320 g/mol. The Morgan fingerprint density at radius 3 is 1.85 bits per heavy atom. The van der Waals surface area contributed by atoms with Crippen molar-refractivity contribution < 1.29 is 4.57 Å². The molecule has 102 valence electrons. The summed E-state index contributed by atoms with van der Waals surface area (Å²) in [6.07, 6.45) is -2.69. The highest BCUT2D eigenvalue weighted by Gasteiger charge is 2.27. The van der Waals surface area contributed by atoms with Gasteiger partial charge in [-0.15, -0.1) is 11.6 Å². The van der Waals surface area contributed by atoms with Crippen molar-refractivity contribution in [2.24, 2.45) is 0 Å². The van der Waals surface area contributed by atoms with E-state index in [4.69, 9.17) is 11.6 Å². The summed E-state index contributed by atoms with van der Waals surface area (Å²) in [5.74, 6) is 6.55. The van der Waals surface area contributed by atoms with Crippen LogP contribution in [0.15, 0.2) is 60.7 Å². The molecule has 0 aliphatic carbocycles. The van der Waals surface area contributed by atoms with Crippen LogP contribution in [0.1, 0.15) is 0 Å². The molecule has 0 amide bonds. The molecule has 0 heterocycles. The molecular formula is C16H14ClOPS. The Bertz CT molecular complexity index is 603. The van der Waals surface area contributed by atoms with Crippen LogP contribution in [0.25, 0.3) is 0 Å². The lowest BCUT2D eigenvalue weighted by Gasteiger charge is -2.17. The molecule has 4 heteroatoms. The summed E-state index contributed by atoms with van der Waals surface area (Å²) >= 11 is 6.93. The highest BCUT2D eigenvalue weighted by atomic mass is 35.5. The summed E-state index contributed by atoms with van der Waals surface area (Å²) in [6.45, 7) is 0. The molecule has 0 saturated heterocycles. The van der Waals surface area contributed by atoms with Crippen LogP contribution in [0.5, 0.6) is 0 Å². The number of alkyl halides is 1. The minimum absolute atomic E-state index is 0.307. The quantitative estimate of drug-likeness (QED) is 0.483. The molecular weight excluding hydrogens is 307 g/mol. The van der Waals surface area contributed by atoms with Crippen LogP contribution in [0.2, 0.25) is 0 Å². The van der Waals surface area contributed by atoms with E-state index in [1.807, 2.05) is 60.7 Å². The van der Waals surface area contributed by atoms with E-state index in [1.165, 1.54) is 11.4 Å². The third kappa shape index (κ3) is 3.70. The van der Waals surface area contributed by atoms with Crippen molar-refractivity contribution in [2.75, 3.05) is 11.6 Å². The molecule has 0 N–H and O–H groups in total. The van der Waals surface area contributed by atoms with Gasteiger partial charge in [0.2, 0.25) is 0 Å². The zero-order valence-electron chi connectivity index (χ0n) is 10.8. The van der Waals surface area contributed by atoms with Crippen molar-refractivity contribution in [3.8, 4) is 11.8 Å². The largest absolute Gasteiger partial charge is 0.302 e. The molecule has 2 rings (SSSR count). The molecule has 0 aromatic heterocycles. The summed E-state index contributed by atoms with van der Waals surface area (Å²) in [5, 5.41) is 1.70. The van der Waals surface area contributed by atoms with Gasteiger partial charge in [0.25, 0.3) is 0 Å². The van der Waals surface area contributed by atoms with Gasteiger partial charge in [-0.1, -0.05) is 83.9 Å². The first-order valence-corrected chi connectivity index (χ1v) is 9.98. The molecule has 2 aromatic rings. The lowest BCUT2D eigenvalue weighted by molar-refractivity contribution is 0.595. The van der Waals surface area contributed by atoms with Crippen molar-refractivity contribution in [2.45, 2.75) is 0 Å². The second kappa shape index (κ2) is 7.60. The molecule has 0 spiro atoms. The summed E-state index contributed by atoms with van der Waals surface area (Å²) in [4.78, 5) is 0. The van der Waals surface area contributed by atoms with Crippen molar-refractivity contribution >= 4 is 39.9 Å². The molecule has 0 saturated carbocycles. The maximum atomic E-state index is 13.4. The number of halogens is 1. The Morgan fingerprint density at radius 1 is 0.900 bits per heavy atom. The van der Waals surface area contributed by atoms with Crippen LogP contribution in [0, 0.1) is 11.8 Å². The molecule has 0 aliphatic rings. The Morgan fingerprint density at radius 2 is 1.40 bits per heavy atom. The fourth-order valence-corrected chi connectivity index (χ4v) is 6.30. The Hall–Kier alpha value is -1.13. The number of hydrogen-bond donors (Lipinski definition) is 0. The van der Waals surface area contributed by atoms with Gasteiger partial charge in [0, 0.05) is 10.6 Å². The molecule has 20 heavy (non-hydrogen) atoms. The maximum absolute atomic E-state index is 13.4. The molecule has 0 atom stereocenters. The van der Waals surface area contributed by atoms with Crippen LogP contribution in [0.4, 0.5) is 0 Å². The van der Waals surface area contributed by atoms with E-state index in [0.29, 0.717) is 11.6 Å². The molecule has 0 aliphatic heterocycles. The van der Waals surface area contributed by atoms with Crippen molar-refractivity contribution in [3.63, 3.8) is 0 Å². The lowest BCUT2D eigenvalue weighted by Crippen LogP contribution is -2.13. The van der Waals surface area contributed by atoms with Gasteiger partial charge in [-0.3, -0.25) is 0 Å². The van der Waals surface area contributed by atoms with Crippen LogP contribution in [-0.4, -0.2) is 11.6 Å². The van der Waals surface area contributed by atoms with Gasteiger partial charge in [0.1, 0.15) is 0 Å². The van der Waals surface area contributed by atoms with E-state index in [0.717, 1.165) is 10.6 Å². The fraction of sp³-hybridized carbons (Fsp3) is 0.125. The Kier molecular flexibility index (Phi) is 5.80. The van der Waals surface area contributed by atoms with Gasteiger partial charge < -0.3 is 4.57 Å². The molecule has 1 nitrogen and oxygen atoms in total. The smallest absolute Gasteiger partial charge is 0.195 e. The summed E-state index contributed by atoms with van der Waals surface area (Å²) in [7, 11) is 0. The second-order valence-corrected chi connectivity index (χ2v) is 9.25. The standard InChI is InChI=1S/C16H14ClOPS/c17-13-7-8-14-20-19(18,15-9-3-1-4-10-15)16-11-5-2-6-12-16/h1-6,9-12H,13-14H2. The fourth-order valence-electron chi connectivity index (χ4n) is 1.77. The predicted molar refractivity (Wildman–Crippen MR) is 90.7 cm³/mol. The molecule has 0 bridgehead atoms. The third-order valence-corrected chi connectivity index (χ3v) is 8.17. The first-order chi connectivity index (χ1) is 9.77. The molecule has 0 fully saturated rings. The van der Waals surface area contributed by atoms with Gasteiger partial charge >= 0.3 is 0 Å². The van der Waals surface area contributed by atoms with E-state index in [9.17, 15) is 4.57 Å². The van der Waals surface area contributed by atoms with Gasteiger partial charge in [0.15, 0.2) is 6.34 Å². The molecule has 2 aromatic carbocycles. The maximum Gasteiger partial charge on any atom is 0.195 e. The van der Waals surface area contributed by atoms with Crippen molar-refractivity contribution in [3.05, 3.63) is 60.7 Å². The second-order valence-electron chi connectivity index (χ2n) is 3.98. The normalized spacial score (nSPS) is 10.7. The van der Waals surface area contributed by atoms with Gasteiger partial charge in [-0.2, -0.15) is 0 Å². The van der Waals surface area contributed by atoms with E-state index >= 15 is 0 Å². The van der Waals surface area contributed by atoms with Crippen LogP contribution >= 0.6 is 29.3 Å². The minimum Gasteiger partial charge on any atom is -0.302 e. The number of benzene rings is 2. The molecule has 0 unspecified atom stereocenters. The predicted octanol–water partition coefficient (Wildman–Crippen LogP) is 3.89. The van der Waals surface area contributed by atoms with Crippen LogP contribution in [-0.2, 0) is 4.57 Å². The van der Waals surface area contributed by atoms with Crippen LogP contribution in [0.3, 0.4) is 0 Å². The first-order valence-electron chi connectivity index (χ1n) is 6.15. The van der Waals surface area contributed by atoms with E-state index in [2.05, 4.69) is 11.8 Å². The summed E-state index contributed by atoms with van der Waals surface area (Å²) < 4.78 is 13.4. The first kappa shape index (κ1) is 15.3. The van der Waals surface area contributed by atoms with Gasteiger partial charge in [-0.25, -0.2) is 0 Å². The Balaban J connectivity index is 2.36. The van der Waals surface area contributed by atoms with Crippen molar-refractivity contribution in [1.29, 1.82) is 0 Å². The zero-order valence-corrected chi connectivity index (χ0v) is 13.3. The van der Waals surface area contributed by atoms with Crippen molar-refractivity contribution in [1.82, 2.24) is 0 Å². The summed E-state index contributed by atoms with van der Waals surface area (Å²) in [6, 6.07) is 19.2.